The Morgan fingerprint density at radius 2 is 2.00 bits per heavy atom. The van der Waals surface area contributed by atoms with Crippen LogP contribution >= 0.6 is 0 Å². The Kier molecular flexibility index (Phi) is 4.47. The van der Waals surface area contributed by atoms with Crippen LogP contribution in [0.15, 0.2) is 78.3 Å². The number of hydrogen-bond acceptors (Lipinski definition) is 3. The van der Waals surface area contributed by atoms with E-state index in [0.29, 0.717) is 23.9 Å². The van der Waals surface area contributed by atoms with E-state index >= 15 is 0 Å². The largest absolute Gasteiger partial charge is 0.404 e. The highest BCUT2D eigenvalue weighted by atomic mass is 16.5. The molecule has 1 aromatic heterocycles. The van der Waals surface area contributed by atoms with Gasteiger partial charge in [0, 0.05) is 16.2 Å². The van der Waals surface area contributed by atoms with Gasteiger partial charge in [0.05, 0.1) is 6.20 Å². The van der Waals surface area contributed by atoms with Crippen LogP contribution in [0.25, 0.3) is 10.4 Å². The number of aromatic nitrogens is 2. The average molecular weight is 304 g/mol. The second kappa shape index (κ2) is 7.06. The molecular weight excluding hydrogens is 290 g/mol. The number of hydrogen-bond donors (Lipinski definition) is 0. The SMILES string of the molecule is [N-]=[N+]=Nc1cccc(Oc2cncc[n+]2Cc2ccccc2)c1. The molecule has 0 aliphatic carbocycles. The molecule has 0 saturated heterocycles. The fraction of sp³-hybridized carbons (Fsp3) is 0.0588. The van der Waals surface area contributed by atoms with Crippen LogP contribution < -0.4 is 9.30 Å². The van der Waals surface area contributed by atoms with Gasteiger partial charge in [-0.2, -0.15) is 4.57 Å². The molecule has 0 atom stereocenters. The van der Waals surface area contributed by atoms with E-state index in [2.05, 4.69) is 27.1 Å². The zero-order valence-electron chi connectivity index (χ0n) is 12.3. The maximum absolute atomic E-state index is 8.51. The summed E-state index contributed by atoms with van der Waals surface area (Å²) in [6.07, 6.45) is 5.23. The summed E-state index contributed by atoms with van der Waals surface area (Å²) in [5.41, 5.74) is 10.2. The smallest absolute Gasteiger partial charge is 0.392 e. The van der Waals surface area contributed by atoms with Gasteiger partial charge in [0.25, 0.3) is 0 Å². The molecule has 0 amide bonds. The Balaban J connectivity index is 1.86. The van der Waals surface area contributed by atoms with Crippen molar-refractivity contribution in [2.75, 3.05) is 0 Å². The predicted molar refractivity (Wildman–Crippen MR) is 85.3 cm³/mol. The molecule has 6 nitrogen and oxygen atoms in total. The summed E-state index contributed by atoms with van der Waals surface area (Å²) in [4.78, 5) is 6.89. The number of ether oxygens (including phenoxy) is 1. The van der Waals surface area contributed by atoms with E-state index in [1.54, 1.807) is 36.7 Å². The number of rotatable bonds is 5. The summed E-state index contributed by atoms with van der Waals surface area (Å²) in [6, 6.07) is 17.1. The lowest BCUT2D eigenvalue weighted by atomic mass is 10.2. The number of nitrogens with zero attached hydrogens (tertiary/aromatic N) is 5. The Morgan fingerprint density at radius 3 is 2.83 bits per heavy atom. The molecule has 0 saturated carbocycles. The van der Waals surface area contributed by atoms with E-state index in [0.717, 1.165) is 5.56 Å². The molecule has 0 spiro atoms. The van der Waals surface area contributed by atoms with Crippen LogP contribution in [0.3, 0.4) is 0 Å². The molecular formula is C17H14N5O+. The van der Waals surface area contributed by atoms with Crippen molar-refractivity contribution in [3.63, 3.8) is 0 Å². The Bertz CT molecular complexity index is 844. The van der Waals surface area contributed by atoms with Crippen LogP contribution in [0.4, 0.5) is 5.69 Å². The Morgan fingerprint density at radius 1 is 1.13 bits per heavy atom. The monoisotopic (exact) mass is 304 g/mol. The van der Waals surface area contributed by atoms with Gasteiger partial charge in [-0.1, -0.05) is 47.6 Å². The molecule has 3 rings (SSSR count). The highest BCUT2D eigenvalue weighted by Crippen LogP contribution is 2.23. The third-order valence-electron chi connectivity index (χ3n) is 3.20. The first-order valence-corrected chi connectivity index (χ1v) is 7.05. The van der Waals surface area contributed by atoms with Crippen molar-refractivity contribution in [3.05, 3.63) is 89.2 Å². The summed E-state index contributed by atoms with van der Waals surface area (Å²) < 4.78 is 7.85. The minimum Gasteiger partial charge on any atom is -0.404 e. The van der Waals surface area contributed by atoms with Crippen LogP contribution in [0, 0.1) is 0 Å². The van der Waals surface area contributed by atoms with Crippen molar-refractivity contribution >= 4 is 5.69 Å². The maximum atomic E-state index is 8.51. The summed E-state index contributed by atoms with van der Waals surface area (Å²) in [5.74, 6) is 1.19. The highest BCUT2D eigenvalue weighted by molar-refractivity contribution is 5.43. The lowest BCUT2D eigenvalue weighted by molar-refractivity contribution is -0.692. The van der Waals surface area contributed by atoms with Gasteiger partial charge in [-0.15, -0.1) is 0 Å². The van der Waals surface area contributed by atoms with Gasteiger partial charge in [0.2, 0.25) is 0 Å². The van der Waals surface area contributed by atoms with E-state index < -0.39 is 0 Å². The summed E-state index contributed by atoms with van der Waals surface area (Å²) in [7, 11) is 0. The predicted octanol–water partition coefficient (Wildman–Crippen LogP) is 4.15. The van der Waals surface area contributed by atoms with E-state index in [-0.39, 0.29) is 0 Å². The molecule has 0 fully saturated rings. The van der Waals surface area contributed by atoms with Crippen LogP contribution in [-0.2, 0) is 6.54 Å². The van der Waals surface area contributed by atoms with Crippen LogP contribution in [-0.4, -0.2) is 4.98 Å². The first-order valence-electron chi connectivity index (χ1n) is 7.05. The molecule has 112 valence electrons. The van der Waals surface area contributed by atoms with Crippen molar-refractivity contribution in [1.29, 1.82) is 0 Å². The number of benzene rings is 2. The van der Waals surface area contributed by atoms with Gasteiger partial charge >= 0.3 is 5.88 Å². The Labute approximate surface area is 133 Å². The minimum absolute atomic E-state index is 0.503. The van der Waals surface area contributed by atoms with Gasteiger partial charge in [-0.25, -0.2) is 4.98 Å². The van der Waals surface area contributed by atoms with E-state index in [1.165, 1.54) is 0 Å². The van der Waals surface area contributed by atoms with Crippen molar-refractivity contribution < 1.29 is 9.30 Å². The van der Waals surface area contributed by atoms with Crippen molar-refractivity contribution in [2.45, 2.75) is 6.54 Å². The van der Waals surface area contributed by atoms with Gasteiger partial charge in [-0.05, 0) is 17.7 Å². The molecule has 0 N–H and O–H groups in total. The van der Waals surface area contributed by atoms with Gasteiger partial charge in [-0.3, -0.25) is 0 Å². The maximum Gasteiger partial charge on any atom is 0.392 e. The molecule has 2 aromatic carbocycles. The van der Waals surface area contributed by atoms with E-state index in [9.17, 15) is 0 Å². The van der Waals surface area contributed by atoms with Gasteiger partial charge in [0.15, 0.2) is 12.7 Å². The molecule has 1 heterocycles. The normalized spacial score (nSPS) is 9.91. The van der Waals surface area contributed by atoms with Crippen molar-refractivity contribution in [2.24, 2.45) is 5.11 Å². The molecule has 0 aliphatic heterocycles. The van der Waals surface area contributed by atoms with Gasteiger partial charge in [0.1, 0.15) is 11.9 Å². The van der Waals surface area contributed by atoms with Crippen molar-refractivity contribution in [3.8, 4) is 11.6 Å². The molecule has 23 heavy (non-hydrogen) atoms. The van der Waals surface area contributed by atoms with Crippen molar-refractivity contribution in [1.82, 2.24) is 4.98 Å². The molecule has 0 bridgehead atoms. The molecule has 0 unspecified atom stereocenters. The second-order valence-corrected chi connectivity index (χ2v) is 4.82. The zero-order valence-corrected chi connectivity index (χ0v) is 12.3. The fourth-order valence-corrected chi connectivity index (χ4v) is 2.15. The average Bonchev–Trinajstić information content (AvgIpc) is 2.58. The first-order chi connectivity index (χ1) is 11.3. The topological polar surface area (TPSA) is 74.8 Å². The quantitative estimate of drug-likeness (QED) is 0.307. The van der Waals surface area contributed by atoms with E-state index in [1.807, 2.05) is 29.0 Å². The fourth-order valence-electron chi connectivity index (χ4n) is 2.15. The van der Waals surface area contributed by atoms with Gasteiger partial charge < -0.3 is 4.74 Å². The summed E-state index contributed by atoms with van der Waals surface area (Å²) in [6.45, 7) is 0.675. The van der Waals surface area contributed by atoms with E-state index in [4.69, 9.17) is 10.3 Å². The third-order valence-corrected chi connectivity index (χ3v) is 3.20. The third kappa shape index (κ3) is 3.84. The van der Waals surface area contributed by atoms with Crippen LogP contribution in [0.1, 0.15) is 5.56 Å². The van der Waals surface area contributed by atoms with Crippen LogP contribution in [0.5, 0.6) is 11.6 Å². The standard InChI is InChI=1S/C17H14N5O/c18-21-20-15-7-4-8-16(11-15)23-17-12-19-9-10-22(17)13-14-5-2-1-3-6-14/h1-12H,13H2/q+1. The molecule has 0 aliphatic rings. The molecule has 0 radical (unpaired) electrons. The minimum atomic E-state index is 0.503. The highest BCUT2D eigenvalue weighted by Gasteiger charge is 2.13. The lowest BCUT2D eigenvalue weighted by Crippen LogP contribution is -2.35. The summed E-state index contributed by atoms with van der Waals surface area (Å²) >= 11 is 0. The Hall–Kier alpha value is -3.37. The van der Waals surface area contributed by atoms with Crippen LogP contribution in [0.2, 0.25) is 0 Å². The summed E-state index contributed by atoms with van der Waals surface area (Å²) in [5, 5.41) is 3.58. The zero-order chi connectivity index (χ0) is 15.9. The first kappa shape index (κ1) is 14.6. The number of azide groups is 1. The molecule has 3 aromatic rings. The molecule has 6 heteroatoms. The second-order valence-electron chi connectivity index (χ2n) is 4.82. The lowest BCUT2D eigenvalue weighted by Gasteiger charge is -2.06.